The number of thioether (sulfide) groups is 1. The molecule has 0 saturated carbocycles. The lowest BCUT2D eigenvalue weighted by atomic mass is 10.0. The molecule has 1 amide bonds. The number of carbonyl (C=O) groups is 1. The van der Waals surface area contributed by atoms with Crippen molar-refractivity contribution in [2.45, 2.75) is 30.3 Å². The summed E-state index contributed by atoms with van der Waals surface area (Å²) in [7, 11) is 0. The second-order valence-corrected chi connectivity index (χ2v) is 9.56. The second-order valence-electron chi connectivity index (χ2n) is 8.01. The molecule has 0 radical (unpaired) electrons. The van der Waals surface area contributed by atoms with E-state index in [0.717, 1.165) is 22.3 Å². The Morgan fingerprint density at radius 2 is 1.79 bits per heavy atom. The molecule has 166 valence electrons. The zero-order valence-electron chi connectivity index (χ0n) is 18.1. The summed E-state index contributed by atoms with van der Waals surface area (Å²) in [4.78, 5) is 13.5. The van der Waals surface area contributed by atoms with Gasteiger partial charge in [0, 0.05) is 16.3 Å². The third-order valence-electron chi connectivity index (χ3n) is 5.62. The summed E-state index contributed by atoms with van der Waals surface area (Å²) in [6.45, 7) is 3.99. The number of nitrogens with zero attached hydrogens (tertiary/aromatic N) is 3. The monoisotopic (exact) mass is 475 g/mol. The van der Waals surface area contributed by atoms with Crippen molar-refractivity contribution in [2.75, 3.05) is 10.7 Å². The van der Waals surface area contributed by atoms with Gasteiger partial charge in [0.1, 0.15) is 5.25 Å². The van der Waals surface area contributed by atoms with Crippen molar-refractivity contribution in [3.05, 3.63) is 94.5 Å². The van der Waals surface area contributed by atoms with Gasteiger partial charge in [-0.05, 0) is 37.1 Å². The number of fused-ring (bicyclic) bond motifs is 1. The molecule has 0 fully saturated rings. The molecule has 0 saturated heterocycles. The standard InChI is InChI=1S/C25H22ClN5OS/c1-15-8-11-17(12-9-15)21-22(24(32)27-20-14-19(26)13-10-16(20)2)33-25-29-28-23(31(25)30-21)18-6-4-3-5-7-18/h3-14,21-22,30H,1-2H3,(H,27,32). The van der Waals surface area contributed by atoms with E-state index >= 15 is 0 Å². The summed E-state index contributed by atoms with van der Waals surface area (Å²) in [6, 6.07) is 23.3. The van der Waals surface area contributed by atoms with Gasteiger partial charge in [-0.1, -0.05) is 89.6 Å². The molecule has 1 aliphatic rings. The fourth-order valence-corrected chi connectivity index (χ4v) is 5.04. The van der Waals surface area contributed by atoms with Crippen molar-refractivity contribution in [3.63, 3.8) is 0 Å². The zero-order valence-corrected chi connectivity index (χ0v) is 19.7. The van der Waals surface area contributed by atoms with Crippen LogP contribution in [0.2, 0.25) is 5.02 Å². The minimum absolute atomic E-state index is 0.126. The third-order valence-corrected chi connectivity index (χ3v) is 7.07. The van der Waals surface area contributed by atoms with Crippen LogP contribution in [0, 0.1) is 13.8 Å². The van der Waals surface area contributed by atoms with Crippen LogP contribution >= 0.6 is 23.4 Å². The van der Waals surface area contributed by atoms with E-state index in [1.165, 1.54) is 11.8 Å². The number of halogens is 1. The number of aromatic nitrogens is 3. The molecule has 5 rings (SSSR count). The maximum atomic E-state index is 13.5. The largest absolute Gasteiger partial charge is 0.325 e. The predicted octanol–water partition coefficient (Wildman–Crippen LogP) is 5.61. The van der Waals surface area contributed by atoms with Crippen molar-refractivity contribution in [1.82, 2.24) is 14.9 Å². The van der Waals surface area contributed by atoms with Gasteiger partial charge in [0.25, 0.3) is 0 Å². The zero-order chi connectivity index (χ0) is 22.9. The van der Waals surface area contributed by atoms with Gasteiger partial charge in [-0.3, -0.25) is 4.79 Å². The quantitative estimate of drug-likeness (QED) is 0.401. The first-order valence-electron chi connectivity index (χ1n) is 10.6. The highest BCUT2D eigenvalue weighted by molar-refractivity contribution is 8.00. The number of rotatable bonds is 4. The second kappa shape index (κ2) is 8.92. The van der Waals surface area contributed by atoms with E-state index in [1.807, 2.05) is 61.0 Å². The third kappa shape index (κ3) is 4.34. The van der Waals surface area contributed by atoms with Gasteiger partial charge in [-0.2, -0.15) is 0 Å². The van der Waals surface area contributed by atoms with Crippen LogP contribution in [0.15, 0.2) is 78.0 Å². The first kappa shape index (κ1) is 21.6. The molecule has 4 aromatic rings. The van der Waals surface area contributed by atoms with Crippen LogP contribution in [-0.4, -0.2) is 26.0 Å². The van der Waals surface area contributed by atoms with Crippen LogP contribution in [-0.2, 0) is 4.79 Å². The van der Waals surface area contributed by atoms with E-state index in [2.05, 4.69) is 45.2 Å². The first-order valence-corrected chi connectivity index (χ1v) is 11.8. The van der Waals surface area contributed by atoms with E-state index in [1.54, 1.807) is 6.07 Å². The van der Waals surface area contributed by atoms with E-state index in [0.29, 0.717) is 21.7 Å². The maximum Gasteiger partial charge on any atom is 0.240 e. The molecule has 1 aromatic heterocycles. The van der Waals surface area contributed by atoms with Gasteiger partial charge in [-0.25, -0.2) is 4.68 Å². The summed E-state index contributed by atoms with van der Waals surface area (Å²) in [5.74, 6) is 0.582. The number of carbonyl (C=O) groups excluding carboxylic acids is 1. The summed E-state index contributed by atoms with van der Waals surface area (Å²) >= 11 is 7.56. The van der Waals surface area contributed by atoms with Crippen LogP contribution in [0.5, 0.6) is 0 Å². The molecule has 2 heterocycles. The van der Waals surface area contributed by atoms with Crippen molar-refractivity contribution in [2.24, 2.45) is 0 Å². The van der Waals surface area contributed by atoms with Crippen molar-refractivity contribution in [1.29, 1.82) is 0 Å². The molecule has 2 atom stereocenters. The van der Waals surface area contributed by atoms with E-state index < -0.39 is 5.25 Å². The average Bonchev–Trinajstić information content (AvgIpc) is 3.25. The van der Waals surface area contributed by atoms with E-state index in [9.17, 15) is 4.79 Å². The molecule has 6 nitrogen and oxygen atoms in total. The van der Waals surface area contributed by atoms with Gasteiger partial charge in [0.05, 0.1) is 6.04 Å². The smallest absolute Gasteiger partial charge is 0.240 e. The summed E-state index contributed by atoms with van der Waals surface area (Å²) in [5, 5.41) is 12.6. The number of benzene rings is 3. The van der Waals surface area contributed by atoms with Gasteiger partial charge >= 0.3 is 0 Å². The van der Waals surface area contributed by atoms with Crippen LogP contribution < -0.4 is 10.7 Å². The fraction of sp³-hybridized carbons (Fsp3) is 0.160. The minimum atomic E-state index is -0.466. The highest BCUT2D eigenvalue weighted by Crippen LogP contribution is 2.39. The van der Waals surface area contributed by atoms with Crippen molar-refractivity contribution in [3.8, 4) is 11.4 Å². The molecule has 8 heteroatoms. The molecular weight excluding hydrogens is 454 g/mol. The lowest BCUT2D eigenvalue weighted by Crippen LogP contribution is -2.41. The summed E-state index contributed by atoms with van der Waals surface area (Å²) in [5.41, 5.74) is 8.27. The molecule has 1 aliphatic heterocycles. The number of hydrogen-bond acceptors (Lipinski definition) is 5. The Kier molecular flexibility index (Phi) is 5.83. The highest BCUT2D eigenvalue weighted by Gasteiger charge is 2.38. The van der Waals surface area contributed by atoms with E-state index in [4.69, 9.17) is 11.6 Å². The fourth-order valence-electron chi connectivity index (χ4n) is 3.79. The molecule has 2 unspecified atom stereocenters. The maximum absolute atomic E-state index is 13.5. The Hall–Kier alpha value is -3.29. The number of aryl methyl sites for hydroxylation is 2. The van der Waals surface area contributed by atoms with Crippen LogP contribution in [0.3, 0.4) is 0 Å². The lowest BCUT2D eigenvalue weighted by Gasteiger charge is -2.33. The summed E-state index contributed by atoms with van der Waals surface area (Å²) < 4.78 is 1.87. The Bertz CT molecular complexity index is 1310. The minimum Gasteiger partial charge on any atom is -0.325 e. The molecule has 0 spiro atoms. The van der Waals surface area contributed by atoms with Gasteiger partial charge in [0.15, 0.2) is 5.82 Å². The molecule has 0 aliphatic carbocycles. The number of anilines is 1. The molecule has 33 heavy (non-hydrogen) atoms. The van der Waals surface area contributed by atoms with Crippen LogP contribution in [0.4, 0.5) is 5.69 Å². The van der Waals surface area contributed by atoms with Crippen molar-refractivity contribution >= 4 is 35.0 Å². The van der Waals surface area contributed by atoms with Crippen LogP contribution in [0.1, 0.15) is 22.7 Å². The Balaban J connectivity index is 1.52. The predicted molar refractivity (Wildman–Crippen MR) is 133 cm³/mol. The molecule has 0 bridgehead atoms. The summed E-state index contributed by atoms with van der Waals surface area (Å²) in [6.07, 6.45) is 0. The van der Waals surface area contributed by atoms with E-state index in [-0.39, 0.29) is 11.9 Å². The lowest BCUT2D eigenvalue weighted by molar-refractivity contribution is -0.116. The number of amides is 1. The van der Waals surface area contributed by atoms with Crippen molar-refractivity contribution < 1.29 is 4.79 Å². The number of nitrogens with one attached hydrogen (secondary N) is 2. The molecule has 3 aromatic carbocycles. The van der Waals surface area contributed by atoms with Gasteiger partial charge < -0.3 is 10.7 Å². The Morgan fingerprint density at radius 3 is 2.55 bits per heavy atom. The molecular formula is C25H22ClN5OS. The highest BCUT2D eigenvalue weighted by atomic mass is 35.5. The normalized spacial score (nSPS) is 17.2. The number of hydrogen-bond donors (Lipinski definition) is 2. The van der Waals surface area contributed by atoms with Crippen LogP contribution in [0.25, 0.3) is 11.4 Å². The first-order chi connectivity index (χ1) is 16.0. The van der Waals surface area contributed by atoms with Gasteiger partial charge in [-0.15, -0.1) is 10.2 Å². The van der Waals surface area contributed by atoms with Gasteiger partial charge in [0.2, 0.25) is 11.1 Å². The SMILES string of the molecule is Cc1ccc(C2Nn3c(nnc3-c3ccccc3)SC2C(=O)Nc2cc(Cl)ccc2C)cc1. The average molecular weight is 476 g/mol. The molecule has 2 N–H and O–H groups in total. The Labute approximate surface area is 201 Å². The topological polar surface area (TPSA) is 71.8 Å². The Morgan fingerprint density at radius 1 is 1.03 bits per heavy atom.